The summed E-state index contributed by atoms with van der Waals surface area (Å²) in [5, 5.41) is 0. The third kappa shape index (κ3) is 3.62. The van der Waals surface area contributed by atoms with Crippen LogP contribution in [0, 0.1) is 0 Å². The Labute approximate surface area is 120 Å². The number of alkyl halides is 3. The van der Waals surface area contributed by atoms with Crippen LogP contribution in [0.4, 0.5) is 19.1 Å². The smallest absolute Gasteiger partial charge is 0.434 e. The Morgan fingerprint density at radius 3 is 2.57 bits per heavy atom. The fraction of sp³-hybridized carbons (Fsp3) is 0.615. The zero-order valence-corrected chi connectivity index (χ0v) is 11.6. The van der Waals surface area contributed by atoms with E-state index in [1.54, 1.807) is 4.90 Å². The minimum atomic E-state index is -4.73. The molecule has 0 bridgehead atoms. The lowest BCUT2D eigenvalue weighted by molar-refractivity contribution is -0.141. The van der Waals surface area contributed by atoms with Crippen LogP contribution < -0.4 is 4.90 Å². The van der Waals surface area contributed by atoms with Gasteiger partial charge in [0, 0.05) is 19.3 Å². The van der Waals surface area contributed by atoms with Gasteiger partial charge in [0.25, 0.3) is 0 Å². The van der Waals surface area contributed by atoms with Gasteiger partial charge in [0.1, 0.15) is 5.56 Å². The highest BCUT2D eigenvalue weighted by Crippen LogP contribution is 2.32. The van der Waals surface area contributed by atoms with Gasteiger partial charge >= 0.3 is 12.1 Å². The van der Waals surface area contributed by atoms with Crippen molar-refractivity contribution in [2.24, 2.45) is 0 Å². The van der Waals surface area contributed by atoms with Gasteiger partial charge in [0.2, 0.25) is 5.95 Å². The topological polar surface area (TPSA) is 55.3 Å². The summed E-state index contributed by atoms with van der Waals surface area (Å²) in [7, 11) is 0. The van der Waals surface area contributed by atoms with Crippen molar-refractivity contribution < 1.29 is 22.7 Å². The fourth-order valence-electron chi connectivity index (χ4n) is 2.19. The van der Waals surface area contributed by atoms with E-state index < -0.39 is 23.4 Å². The van der Waals surface area contributed by atoms with Crippen molar-refractivity contribution in [3.05, 3.63) is 17.5 Å². The van der Waals surface area contributed by atoms with Gasteiger partial charge < -0.3 is 9.64 Å². The molecule has 2 rings (SSSR count). The van der Waals surface area contributed by atoms with Gasteiger partial charge in [-0.05, 0) is 26.2 Å². The Hall–Kier alpha value is -1.86. The Kier molecular flexibility index (Phi) is 4.64. The summed E-state index contributed by atoms with van der Waals surface area (Å²) in [5.41, 5.74) is -1.89. The van der Waals surface area contributed by atoms with Gasteiger partial charge in [-0.25, -0.2) is 14.8 Å². The Morgan fingerprint density at radius 1 is 1.33 bits per heavy atom. The molecule has 0 atom stereocenters. The second kappa shape index (κ2) is 6.28. The molecule has 0 unspecified atom stereocenters. The van der Waals surface area contributed by atoms with Crippen LogP contribution in [0.25, 0.3) is 0 Å². The summed E-state index contributed by atoms with van der Waals surface area (Å²) in [6, 6.07) is 0. The third-order valence-corrected chi connectivity index (χ3v) is 3.18. The first-order chi connectivity index (χ1) is 9.93. The molecule has 21 heavy (non-hydrogen) atoms. The summed E-state index contributed by atoms with van der Waals surface area (Å²) in [6.07, 6.45) is -0.995. The number of carbonyl (C=O) groups is 1. The molecule has 0 aromatic carbocycles. The molecular weight excluding hydrogens is 287 g/mol. The molecule has 0 aliphatic carbocycles. The second-order valence-corrected chi connectivity index (χ2v) is 4.70. The zero-order chi connectivity index (χ0) is 15.5. The average Bonchev–Trinajstić information content (AvgIpc) is 2.47. The molecule has 1 aromatic rings. The molecular formula is C13H16F3N3O2. The van der Waals surface area contributed by atoms with Crippen molar-refractivity contribution in [2.75, 3.05) is 24.6 Å². The Balaban J connectivity index is 2.37. The number of aromatic nitrogens is 2. The van der Waals surface area contributed by atoms with Gasteiger partial charge in [0.05, 0.1) is 6.61 Å². The van der Waals surface area contributed by atoms with E-state index in [4.69, 9.17) is 0 Å². The van der Waals surface area contributed by atoms with E-state index in [0.717, 1.165) is 25.5 Å². The lowest BCUT2D eigenvalue weighted by atomic mass is 10.1. The van der Waals surface area contributed by atoms with E-state index in [2.05, 4.69) is 14.7 Å². The summed E-state index contributed by atoms with van der Waals surface area (Å²) in [5.74, 6) is -1.05. The number of carbonyl (C=O) groups excluding carboxylic acids is 1. The van der Waals surface area contributed by atoms with Crippen molar-refractivity contribution in [3.63, 3.8) is 0 Å². The summed E-state index contributed by atoms with van der Waals surface area (Å²) in [4.78, 5) is 20.7. The molecule has 116 valence electrons. The van der Waals surface area contributed by atoms with E-state index in [-0.39, 0.29) is 12.6 Å². The van der Waals surface area contributed by atoms with Crippen molar-refractivity contribution in [1.82, 2.24) is 9.97 Å². The normalized spacial score (nSPS) is 15.9. The Bertz CT molecular complexity index is 514. The van der Waals surface area contributed by atoms with Crippen LogP contribution >= 0.6 is 0 Å². The van der Waals surface area contributed by atoms with Crippen LogP contribution in [0.2, 0.25) is 0 Å². The largest absolute Gasteiger partial charge is 0.462 e. The monoisotopic (exact) mass is 303 g/mol. The van der Waals surface area contributed by atoms with Crippen molar-refractivity contribution >= 4 is 11.9 Å². The number of hydrogen-bond donors (Lipinski definition) is 0. The van der Waals surface area contributed by atoms with Crippen LogP contribution in [0.5, 0.6) is 0 Å². The van der Waals surface area contributed by atoms with Crippen LogP contribution in [0.15, 0.2) is 6.20 Å². The van der Waals surface area contributed by atoms with E-state index in [0.29, 0.717) is 13.1 Å². The predicted molar refractivity (Wildman–Crippen MR) is 69.1 cm³/mol. The fourth-order valence-corrected chi connectivity index (χ4v) is 2.19. The molecule has 8 heteroatoms. The van der Waals surface area contributed by atoms with Crippen LogP contribution in [0.3, 0.4) is 0 Å². The van der Waals surface area contributed by atoms with Gasteiger partial charge in [-0.2, -0.15) is 13.2 Å². The average molecular weight is 303 g/mol. The van der Waals surface area contributed by atoms with Crippen molar-refractivity contribution in [1.29, 1.82) is 0 Å². The van der Waals surface area contributed by atoms with Crippen molar-refractivity contribution in [3.8, 4) is 0 Å². The highest BCUT2D eigenvalue weighted by atomic mass is 19.4. The molecule has 1 aliphatic heterocycles. The molecule has 0 amide bonds. The molecule has 1 aliphatic rings. The maximum Gasteiger partial charge on any atom is 0.434 e. The van der Waals surface area contributed by atoms with Gasteiger partial charge in [-0.3, -0.25) is 0 Å². The van der Waals surface area contributed by atoms with Gasteiger partial charge in [-0.1, -0.05) is 0 Å². The first kappa shape index (κ1) is 15.5. The minimum absolute atomic E-state index is 0.00933. The van der Waals surface area contributed by atoms with Gasteiger partial charge in [-0.15, -0.1) is 0 Å². The summed E-state index contributed by atoms with van der Waals surface area (Å²) < 4.78 is 43.9. The molecule has 2 heterocycles. The highest BCUT2D eigenvalue weighted by molar-refractivity contribution is 5.90. The lowest BCUT2D eigenvalue weighted by Crippen LogP contribution is -2.32. The molecule has 1 aromatic heterocycles. The summed E-state index contributed by atoms with van der Waals surface area (Å²) >= 11 is 0. The summed E-state index contributed by atoms with van der Waals surface area (Å²) in [6.45, 7) is 2.75. The third-order valence-electron chi connectivity index (χ3n) is 3.18. The quantitative estimate of drug-likeness (QED) is 0.804. The van der Waals surface area contributed by atoms with E-state index in [1.165, 1.54) is 6.92 Å². The van der Waals surface area contributed by atoms with E-state index >= 15 is 0 Å². The van der Waals surface area contributed by atoms with Crippen LogP contribution in [0.1, 0.15) is 42.2 Å². The highest BCUT2D eigenvalue weighted by Gasteiger charge is 2.39. The number of ether oxygens (including phenoxy) is 1. The first-order valence-electron chi connectivity index (χ1n) is 6.79. The number of piperidine rings is 1. The van der Waals surface area contributed by atoms with Crippen LogP contribution in [-0.2, 0) is 10.9 Å². The van der Waals surface area contributed by atoms with Gasteiger partial charge in [0.15, 0.2) is 5.69 Å². The molecule has 5 nitrogen and oxygen atoms in total. The molecule has 0 saturated carbocycles. The SMILES string of the molecule is CCOC(=O)c1cnc(N2CCCCC2)nc1C(F)(F)F. The lowest BCUT2D eigenvalue weighted by Gasteiger charge is -2.27. The maximum atomic E-state index is 13.1. The first-order valence-corrected chi connectivity index (χ1v) is 6.79. The minimum Gasteiger partial charge on any atom is -0.462 e. The number of rotatable bonds is 3. The standard InChI is InChI=1S/C13H16F3N3O2/c1-2-21-11(20)9-8-17-12(18-10(9)13(14,15)16)19-6-4-3-5-7-19/h8H,2-7H2,1H3. The number of hydrogen-bond acceptors (Lipinski definition) is 5. The second-order valence-electron chi connectivity index (χ2n) is 4.70. The number of anilines is 1. The van der Waals surface area contributed by atoms with Crippen LogP contribution in [-0.4, -0.2) is 35.6 Å². The van der Waals surface area contributed by atoms with Crippen molar-refractivity contribution in [2.45, 2.75) is 32.4 Å². The predicted octanol–water partition coefficient (Wildman–Crippen LogP) is 2.66. The molecule has 1 saturated heterocycles. The van der Waals surface area contributed by atoms with E-state index in [9.17, 15) is 18.0 Å². The number of nitrogens with zero attached hydrogens (tertiary/aromatic N) is 3. The molecule has 1 fully saturated rings. The molecule has 0 radical (unpaired) electrons. The molecule has 0 N–H and O–H groups in total. The number of halogens is 3. The maximum absolute atomic E-state index is 13.1. The Morgan fingerprint density at radius 2 is 2.00 bits per heavy atom. The molecule has 0 spiro atoms. The zero-order valence-electron chi connectivity index (χ0n) is 11.6. The number of esters is 1. The van der Waals surface area contributed by atoms with E-state index in [1.807, 2.05) is 0 Å².